The summed E-state index contributed by atoms with van der Waals surface area (Å²) in [5, 5.41) is 0. The molecule has 1 atom stereocenters. The van der Waals surface area contributed by atoms with E-state index in [4.69, 9.17) is 0 Å². The minimum atomic E-state index is 0.641. The molecule has 1 fully saturated rings. The smallest absolute Gasteiger partial charge is 0.0148 e. The van der Waals surface area contributed by atoms with Crippen molar-refractivity contribution in [3.8, 4) is 0 Å². The lowest BCUT2D eigenvalue weighted by Crippen LogP contribution is -2.09. The number of hydrogen-bond donors (Lipinski definition) is 1. The maximum absolute atomic E-state index is 4.41. The van der Waals surface area contributed by atoms with E-state index in [1.807, 2.05) is 0 Å². The van der Waals surface area contributed by atoms with Gasteiger partial charge in [-0.15, -0.1) is 0 Å². The highest BCUT2D eigenvalue weighted by Crippen LogP contribution is 2.33. The summed E-state index contributed by atoms with van der Waals surface area (Å²) in [4.78, 5) is 0. The molecule has 1 unspecified atom stereocenters. The topological polar surface area (TPSA) is 0 Å². The van der Waals surface area contributed by atoms with Crippen LogP contribution < -0.4 is 0 Å². The van der Waals surface area contributed by atoms with Gasteiger partial charge in [-0.05, 0) is 68.4 Å². The standard InChI is InChI=1S/C23H38S/c1-5-11-22(23(12-6-2)17-19(3)18-24)16-10-13-20(4)21-14-8-7-9-15-21/h6,12,17,21-22,24H,3-5,7-11,13-16,18H2,1-2H3/b12-6-,23-17+. The number of thiol groups is 1. The van der Waals surface area contributed by atoms with Crippen LogP contribution >= 0.6 is 12.6 Å². The Labute approximate surface area is 156 Å². The Hall–Kier alpha value is -0.690. The van der Waals surface area contributed by atoms with Gasteiger partial charge < -0.3 is 0 Å². The second-order valence-corrected chi connectivity index (χ2v) is 7.65. The molecule has 0 aromatic heterocycles. The van der Waals surface area contributed by atoms with Crippen LogP contribution in [0.5, 0.6) is 0 Å². The van der Waals surface area contributed by atoms with E-state index in [-0.39, 0.29) is 0 Å². The van der Waals surface area contributed by atoms with Crippen molar-refractivity contribution in [2.24, 2.45) is 11.8 Å². The Morgan fingerprint density at radius 1 is 1.17 bits per heavy atom. The second kappa shape index (κ2) is 12.6. The second-order valence-electron chi connectivity index (χ2n) is 7.33. The van der Waals surface area contributed by atoms with Crippen LogP contribution in [0.3, 0.4) is 0 Å². The zero-order valence-corrected chi connectivity index (χ0v) is 16.9. The maximum Gasteiger partial charge on any atom is 0.0148 e. The normalized spacial score (nSPS) is 18.0. The molecule has 1 rings (SSSR count). The van der Waals surface area contributed by atoms with Gasteiger partial charge in [-0.25, -0.2) is 0 Å². The molecule has 0 radical (unpaired) electrons. The van der Waals surface area contributed by atoms with Crippen molar-refractivity contribution in [2.45, 2.75) is 78.1 Å². The van der Waals surface area contributed by atoms with Gasteiger partial charge in [0.1, 0.15) is 0 Å². The Bertz CT molecular complexity index is 435. The average Bonchev–Trinajstić information content (AvgIpc) is 2.61. The van der Waals surface area contributed by atoms with Gasteiger partial charge >= 0.3 is 0 Å². The monoisotopic (exact) mass is 346 g/mol. The van der Waals surface area contributed by atoms with Gasteiger partial charge in [0.25, 0.3) is 0 Å². The van der Waals surface area contributed by atoms with Gasteiger partial charge in [0.05, 0.1) is 0 Å². The molecule has 1 saturated carbocycles. The number of rotatable bonds is 11. The molecule has 24 heavy (non-hydrogen) atoms. The van der Waals surface area contributed by atoms with Gasteiger partial charge in [0.2, 0.25) is 0 Å². The van der Waals surface area contributed by atoms with Gasteiger partial charge in [-0.3, -0.25) is 0 Å². The molecule has 0 aromatic carbocycles. The molecule has 0 amide bonds. The van der Waals surface area contributed by atoms with Gasteiger partial charge in [0, 0.05) is 5.75 Å². The minimum Gasteiger partial charge on any atom is -0.175 e. The summed E-state index contributed by atoms with van der Waals surface area (Å²) in [5.41, 5.74) is 4.06. The van der Waals surface area contributed by atoms with Crippen molar-refractivity contribution < 1.29 is 0 Å². The van der Waals surface area contributed by atoms with Gasteiger partial charge in [-0.1, -0.05) is 69.6 Å². The minimum absolute atomic E-state index is 0.641. The van der Waals surface area contributed by atoms with Crippen LogP contribution in [0.1, 0.15) is 78.1 Å². The van der Waals surface area contributed by atoms with Crippen molar-refractivity contribution in [1.29, 1.82) is 0 Å². The van der Waals surface area contributed by atoms with E-state index in [2.05, 4.69) is 57.9 Å². The van der Waals surface area contributed by atoms with E-state index in [0.29, 0.717) is 5.92 Å². The first kappa shape index (κ1) is 21.4. The quantitative estimate of drug-likeness (QED) is 0.221. The van der Waals surface area contributed by atoms with Crippen LogP contribution in [-0.4, -0.2) is 5.75 Å². The van der Waals surface area contributed by atoms with Crippen molar-refractivity contribution in [2.75, 3.05) is 5.75 Å². The van der Waals surface area contributed by atoms with Crippen molar-refractivity contribution in [3.05, 3.63) is 48.1 Å². The van der Waals surface area contributed by atoms with E-state index >= 15 is 0 Å². The predicted molar refractivity (Wildman–Crippen MR) is 114 cm³/mol. The van der Waals surface area contributed by atoms with Crippen molar-refractivity contribution in [1.82, 2.24) is 0 Å². The molecule has 1 aliphatic rings. The zero-order valence-electron chi connectivity index (χ0n) is 16.0. The highest BCUT2D eigenvalue weighted by atomic mass is 32.1. The molecule has 0 saturated heterocycles. The Balaban J connectivity index is 2.58. The molecular formula is C23H38S. The summed E-state index contributed by atoms with van der Waals surface area (Å²) in [6, 6.07) is 0. The Morgan fingerprint density at radius 2 is 1.88 bits per heavy atom. The molecule has 0 bridgehead atoms. The third-order valence-corrected chi connectivity index (χ3v) is 5.68. The maximum atomic E-state index is 4.41. The molecular weight excluding hydrogens is 308 g/mol. The van der Waals surface area contributed by atoms with Gasteiger partial charge in [0.15, 0.2) is 0 Å². The third kappa shape index (κ3) is 7.92. The Morgan fingerprint density at radius 3 is 2.46 bits per heavy atom. The first-order valence-corrected chi connectivity index (χ1v) is 10.6. The van der Waals surface area contributed by atoms with Crippen LogP contribution in [0.4, 0.5) is 0 Å². The molecule has 0 nitrogen and oxygen atoms in total. The van der Waals surface area contributed by atoms with Crippen LogP contribution in [0.15, 0.2) is 48.1 Å². The molecule has 0 aliphatic heterocycles. The molecule has 0 aromatic rings. The summed E-state index contributed by atoms with van der Waals surface area (Å²) in [6.07, 6.45) is 19.9. The Kier molecular flexibility index (Phi) is 11.2. The van der Waals surface area contributed by atoms with E-state index in [1.54, 1.807) is 0 Å². The van der Waals surface area contributed by atoms with E-state index in [0.717, 1.165) is 17.2 Å². The molecule has 0 N–H and O–H groups in total. The fourth-order valence-electron chi connectivity index (χ4n) is 3.89. The van der Waals surface area contributed by atoms with Crippen LogP contribution in [0, 0.1) is 11.8 Å². The molecule has 0 spiro atoms. The molecule has 136 valence electrons. The highest BCUT2D eigenvalue weighted by Gasteiger charge is 2.17. The first-order chi connectivity index (χ1) is 11.6. The summed E-state index contributed by atoms with van der Waals surface area (Å²) in [6.45, 7) is 12.9. The third-order valence-electron chi connectivity index (χ3n) is 5.27. The molecule has 1 aliphatic carbocycles. The molecule has 1 heteroatoms. The SMILES string of the molecule is C=C(/C=C(\C=C/C)C(CCC)CCCC(=C)C1CCCCC1)CS. The zero-order chi connectivity index (χ0) is 17.8. The van der Waals surface area contributed by atoms with Crippen LogP contribution in [0.25, 0.3) is 0 Å². The lowest BCUT2D eigenvalue weighted by atomic mass is 9.81. The van der Waals surface area contributed by atoms with E-state index in [9.17, 15) is 0 Å². The number of hydrogen-bond acceptors (Lipinski definition) is 1. The predicted octanol–water partition coefficient (Wildman–Crippen LogP) is 7.70. The highest BCUT2D eigenvalue weighted by molar-refractivity contribution is 7.80. The lowest BCUT2D eigenvalue weighted by Gasteiger charge is -2.24. The summed E-state index contributed by atoms with van der Waals surface area (Å²) in [5.74, 6) is 2.18. The first-order valence-electron chi connectivity index (χ1n) is 9.92. The van der Waals surface area contributed by atoms with E-state index < -0.39 is 0 Å². The van der Waals surface area contributed by atoms with E-state index in [1.165, 1.54) is 75.4 Å². The lowest BCUT2D eigenvalue weighted by molar-refractivity contribution is 0.389. The molecule has 0 heterocycles. The fourth-order valence-corrected chi connectivity index (χ4v) is 3.98. The van der Waals surface area contributed by atoms with Gasteiger partial charge in [-0.2, -0.15) is 12.6 Å². The summed E-state index contributed by atoms with van der Waals surface area (Å²) >= 11 is 4.36. The number of allylic oxidation sites excluding steroid dienone is 5. The van der Waals surface area contributed by atoms with Crippen LogP contribution in [-0.2, 0) is 0 Å². The average molecular weight is 347 g/mol. The summed E-state index contributed by atoms with van der Waals surface area (Å²) in [7, 11) is 0. The fraction of sp³-hybridized carbons (Fsp3) is 0.652. The van der Waals surface area contributed by atoms with Crippen LogP contribution in [0.2, 0.25) is 0 Å². The summed E-state index contributed by atoms with van der Waals surface area (Å²) < 4.78 is 0. The van der Waals surface area contributed by atoms with Crippen molar-refractivity contribution in [3.63, 3.8) is 0 Å². The van der Waals surface area contributed by atoms with Crippen molar-refractivity contribution >= 4 is 12.6 Å². The largest absolute Gasteiger partial charge is 0.175 e.